The van der Waals surface area contributed by atoms with Gasteiger partial charge in [-0.05, 0) is 25.0 Å². The van der Waals surface area contributed by atoms with Gasteiger partial charge in [-0.2, -0.15) is 5.26 Å². The normalized spacial score (nSPS) is 13.4. The lowest BCUT2D eigenvalue weighted by molar-refractivity contribution is 0.0904. The summed E-state index contributed by atoms with van der Waals surface area (Å²) in [4.78, 5) is 12.4. The van der Waals surface area contributed by atoms with E-state index in [0.717, 1.165) is 0 Å². The summed E-state index contributed by atoms with van der Waals surface area (Å²) in [5.74, 6) is 0.715. The Morgan fingerprint density at radius 1 is 1.35 bits per heavy atom. The molecule has 1 aliphatic rings. The van der Waals surface area contributed by atoms with Crippen LogP contribution in [0.1, 0.15) is 37.0 Å². The van der Waals surface area contributed by atoms with Gasteiger partial charge in [0.25, 0.3) is 5.91 Å². The van der Waals surface area contributed by atoms with Crippen LogP contribution < -0.4 is 14.8 Å². The summed E-state index contributed by atoms with van der Waals surface area (Å²) in [7, 11) is 0. The van der Waals surface area contributed by atoms with Crippen LogP contribution >= 0.6 is 0 Å². The minimum atomic E-state index is -0.838. The number of carbonyl (C=O) groups excluding carboxylic acids is 1. The second-order valence-electron chi connectivity index (χ2n) is 4.68. The maximum absolute atomic E-state index is 12.4. The highest BCUT2D eigenvalue weighted by Gasteiger charge is 2.30. The fraction of sp³-hybridized carbons (Fsp3) is 0.467. The Labute approximate surface area is 118 Å². The lowest BCUT2D eigenvalue weighted by Crippen LogP contribution is -2.46. The number of benzene rings is 1. The number of nitrogens with one attached hydrogen (secondary N) is 1. The zero-order valence-corrected chi connectivity index (χ0v) is 11.7. The molecular weight excluding hydrogens is 256 g/mol. The van der Waals surface area contributed by atoms with E-state index in [9.17, 15) is 10.1 Å². The first-order valence-electron chi connectivity index (χ1n) is 6.78. The Bertz CT molecular complexity index is 545. The highest BCUT2D eigenvalue weighted by atomic mass is 16.6. The predicted octanol–water partition coefficient (Wildman–Crippen LogP) is 2.27. The molecule has 1 heterocycles. The smallest absolute Gasteiger partial charge is 0.256 e. The molecule has 0 aliphatic carbocycles. The van der Waals surface area contributed by atoms with E-state index in [1.54, 1.807) is 18.2 Å². The first kappa shape index (κ1) is 14.2. The second-order valence-corrected chi connectivity index (χ2v) is 4.68. The first-order valence-corrected chi connectivity index (χ1v) is 6.78. The van der Waals surface area contributed by atoms with Gasteiger partial charge in [-0.1, -0.05) is 19.9 Å². The Morgan fingerprint density at radius 2 is 2.05 bits per heavy atom. The van der Waals surface area contributed by atoms with Gasteiger partial charge in [-0.3, -0.25) is 4.79 Å². The molecule has 0 bridgehead atoms. The van der Waals surface area contributed by atoms with Crippen LogP contribution in [0.3, 0.4) is 0 Å². The maximum atomic E-state index is 12.4. The molecule has 106 valence electrons. The van der Waals surface area contributed by atoms with E-state index in [1.807, 2.05) is 13.8 Å². The number of fused-ring (bicyclic) bond motifs is 1. The number of hydrogen-bond donors (Lipinski definition) is 1. The van der Waals surface area contributed by atoms with Crippen LogP contribution in [0, 0.1) is 11.3 Å². The van der Waals surface area contributed by atoms with E-state index in [0.29, 0.717) is 43.1 Å². The van der Waals surface area contributed by atoms with Gasteiger partial charge < -0.3 is 14.8 Å². The standard InChI is InChI=1S/C15H18N2O3/c1-3-15(4-2,10-16)17-14(18)11-6-5-7-12-13(11)20-9-8-19-12/h5-7H,3-4,8-9H2,1-2H3,(H,17,18). The van der Waals surface area contributed by atoms with Crippen LogP contribution in [0.4, 0.5) is 0 Å². The molecule has 0 saturated carbocycles. The van der Waals surface area contributed by atoms with Crippen LogP contribution in [0.2, 0.25) is 0 Å². The minimum absolute atomic E-state index is 0.308. The van der Waals surface area contributed by atoms with Crippen molar-refractivity contribution in [1.29, 1.82) is 5.26 Å². The lowest BCUT2D eigenvalue weighted by Gasteiger charge is -2.26. The van der Waals surface area contributed by atoms with Crippen LogP contribution in [0.5, 0.6) is 11.5 Å². The summed E-state index contributed by atoms with van der Waals surface area (Å²) in [6.07, 6.45) is 1.11. The number of carbonyl (C=O) groups is 1. The zero-order valence-electron chi connectivity index (χ0n) is 11.7. The topological polar surface area (TPSA) is 71.4 Å². The summed E-state index contributed by atoms with van der Waals surface area (Å²) in [6, 6.07) is 7.38. The largest absolute Gasteiger partial charge is 0.486 e. The highest BCUT2D eigenvalue weighted by molar-refractivity contribution is 5.98. The molecular formula is C15H18N2O3. The fourth-order valence-corrected chi connectivity index (χ4v) is 2.15. The Hall–Kier alpha value is -2.22. The zero-order chi connectivity index (χ0) is 14.6. The summed E-state index contributed by atoms with van der Waals surface area (Å²) in [6.45, 7) is 4.66. The fourth-order valence-electron chi connectivity index (χ4n) is 2.15. The molecule has 0 spiro atoms. The molecule has 0 fully saturated rings. The monoisotopic (exact) mass is 274 g/mol. The number of amides is 1. The van der Waals surface area contributed by atoms with E-state index in [2.05, 4.69) is 11.4 Å². The van der Waals surface area contributed by atoms with Gasteiger partial charge in [0.15, 0.2) is 11.5 Å². The third kappa shape index (κ3) is 2.55. The van der Waals surface area contributed by atoms with Gasteiger partial charge >= 0.3 is 0 Å². The number of hydrogen-bond acceptors (Lipinski definition) is 4. The van der Waals surface area contributed by atoms with Crippen LogP contribution in [0.15, 0.2) is 18.2 Å². The Morgan fingerprint density at radius 3 is 2.70 bits per heavy atom. The minimum Gasteiger partial charge on any atom is -0.486 e. The summed E-state index contributed by atoms with van der Waals surface area (Å²) in [5.41, 5.74) is -0.432. The van der Waals surface area contributed by atoms with Gasteiger partial charge in [0.05, 0.1) is 11.6 Å². The molecule has 1 aromatic carbocycles. The van der Waals surface area contributed by atoms with Crippen molar-refractivity contribution in [3.8, 4) is 17.6 Å². The van der Waals surface area contributed by atoms with Gasteiger partial charge in [-0.15, -0.1) is 0 Å². The van der Waals surface area contributed by atoms with Crippen molar-refractivity contribution in [1.82, 2.24) is 5.32 Å². The van der Waals surface area contributed by atoms with Crippen molar-refractivity contribution in [3.63, 3.8) is 0 Å². The number of nitriles is 1. The van der Waals surface area contributed by atoms with E-state index in [1.165, 1.54) is 0 Å². The number of nitrogens with zero attached hydrogens (tertiary/aromatic N) is 1. The maximum Gasteiger partial charge on any atom is 0.256 e. The average molecular weight is 274 g/mol. The van der Waals surface area contributed by atoms with Crippen LogP contribution in [0.25, 0.3) is 0 Å². The van der Waals surface area contributed by atoms with E-state index >= 15 is 0 Å². The molecule has 1 N–H and O–H groups in total. The molecule has 1 aromatic rings. The summed E-state index contributed by atoms with van der Waals surface area (Å²) in [5, 5.41) is 12.1. The van der Waals surface area contributed by atoms with E-state index in [-0.39, 0.29) is 5.91 Å². The van der Waals surface area contributed by atoms with Crippen molar-refractivity contribution >= 4 is 5.91 Å². The molecule has 0 saturated heterocycles. The van der Waals surface area contributed by atoms with Gasteiger partial charge in [0, 0.05) is 0 Å². The molecule has 20 heavy (non-hydrogen) atoms. The molecule has 5 heteroatoms. The Balaban J connectivity index is 2.28. The molecule has 0 aromatic heterocycles. The quantitative estimate of drug-likeness (QED) is 0.914. The van der Waals surface area contributed by atoms with E-state index < -0.39 is 5.54 Å². The lowest BCUT2D eigenvalue weighted by atomic mass is 9.94. The summed E-state index contributed by atoms with van der Waals surface area (Å²) >= 11 is 0. The molecule has 2 rings (SSSR count). The van der Waals surface area contributed by atoms with Gasteiger partial charge in [0.1, 0.15) is 18.8 Å². The average Bonchev–Trinajstić information content (AvgIpc) is 2.52. The Kier molecular flexibility index (Phi) is 4.14. The highest BCUT2D eigenvalue weighted by Crippen LogP contribution is 2.33. The molecule has 1 aliphatic heterocycles. The van der Waals surface area contributed by atoms with Crippen molar-refractivity contribution in [3.05, 3.63) is 23.8 Å². The number of rotatable bonds is 4. The predicted molar refractivity (Wildman–Crippen MR) is 73.8 cm³/mol. The molecule has 5 nitrogen and oxygen atoms in total. The molecule has 0 radical (unpaired) electrons. The molecule has 0 atom stereocenters. The van der Waals surface area contributed by atoms with Gasteiger partial charge in [-0.25, -0.2) is 0 Å². The van der Waals surface area contributed by atoms with Crippen molar-refractivity contribution in [2.75, 3.05) is 13.2 Å². The van der Waals surface area contributed by atoms with Crippen LogP contribution in [-0.4, -0.2) is 24.7 Å². The third-order valence-corrected chi connectivity index (χ3v) is 3.58. The van der Waals surface area contributed by atoms with Gasteiger partial charge in [0.2, 0.25) is 0 Å². The SMILES string of the molecule is CCC(C#N)(CC)NC(=O)c1cccc2c1OCCO2. The van der Waals surface area contributed by atoms with Crippen LogP contribution in [-0.2, 0) is 0 Å². The van der Waals surface area contributed by atoms with Crippen molar-refractivity contribution < 1.29 is 14.3 Å². The third-order valence-electron chi connectivity index (χ3n) is 3.58. The molecule has 1 amide bonds. The summed E-state index contributed by atoms with van der Waals surface area (Å²) < 4.78 is 11.0. The van der Waals surface area contributed by atoms with Crippen molar-refractivity contribution in [2.24, 2.45) is 0 Å². The van der Waals surface area contributed by atoms with E-state index in [4.69, 9.17) is 9.47 Å². The van der Waals surface area contributed by atoms with Crippen molar-refractivity contribution in [2.45, 2.75) is 32.2 Å². The number of para-hydroxylation sites is 1. The second kappa shape index (κ2) is 5.83. The number of ether oxygens (including phenoxy) is 2. The molecule has 0 unspecified atom stereocenters. The first-order chi connectivity index (χ1) is 9.65.